The van der Waals surface area contributed by atoms with Crippen LogP contribution in [-0.4, -0.2) is 11.6 Å². The average molecular weight is 205 g/mol. The van der Waals surface area contributed by atoms with E-state index in [0.717, 1.165) is 12.3 Å². The summed E-state index contributed by atoms with van der Waals surface area (Å²) >= 11 is 0. The van der Waals surface area contributed by atoms with Gasteiger partial charge < -0.3 is 4.74 Å². The maximum absolute atomic E-state index is 12.7. The second kappa shape index (κ2) is 4.30. The van der Waals surface area contributed by atoms with Gasteiger partial charge in [0.1, 0.15) is 5.82 Å². The fourth-order valence-corrected chi connectivity index (χ4v) is 1.06. The number of aromatic nitrogens is 1. The lowest BCUT2D eigenvalue weighted by molar-refractivity contribution is -0.0510. The molecule has 0 amide bonds. The molecule has 0 radical (unpaired) electrons. The maximum atomic E-state index is 12.7. The third-order valence-corrected chi connectivity index (χ3v) is 1.61. The van der Waals surface area contributed by atoms with Crippen LogP contribution in [0.1, 0.15) is 25.5 Å². The van der Waals surface area contributed by atoms with E-state index in [9.17, 15) is 13.2 Å². The summed E-state index contributed by atoms with van der Waals surface area (Å²) in [4.78, 5) is 3.70. The molecule has 0 saturated heterocycles. The number of ether oxygens (including phenoxy) is 1. The minimum Gasteiger partial charge on any atom is -0.433 e. The van der Waals surface area contributed by atoms with Gasteiger partial charge in [-0.2, -0.15) is 8.78 Å². The standard InChI is InChI=1S/C9H10F3NO/c1-5(2)8-7(14-9(11)12)3-6(10)4-13-8/h3-5,9H,1-2H3. The van der Waals surface area contributed by atoms with Crippen molar-refractivity contribution in [1.29, 1.82) is 0 Å². The molecular weight excluding hydrogens is 195 g/mol. The Kier molecular flexibility index (Phi) is 3.33. The summed E-state index contributed by atoms with van der Waals surface area (Å²) in [6.45, 7) is 0.563. The van der Waals surface area contributed by atoms with Crippen LogP contribution in [0.15, 0.2) is 12.3 Å². The van der Waals surface area contributed by atoms with E-state index in [0.29, 0.717) is 5.69 Å². The lowest BCUT2D eigenvalue weighted by atomic mass is 10.1. The fraction of sp³-hybridized carbons (Fsp3) is 0.444. The molecule has 0 spiro atoms. The van der Waals surface area contributed by atoms with Crippen molar-refractivity contribution >= 4 is 0 Å². The Labute approximate surface area is 79.7 Å². The topological polar surface area (TPSA) is 22.1 Å². The predicted octanol–water partition coefficient (Wildman–Crippen LogP) is 2.95. The molecule has 0 unspecified atom stereocenters. The van der Waals surface area contributed by atoms with Gasteiger partial charge >= 0.3 is 6.61 Å². The molecule has 1 aromatic heterocycles. The maximum Gasteiger partial charge on any atom is 0.387 e. The van der Waals surface area contributed by atoms with E-state index in [1.807, 2.05) is 0 Å². The van der Waals surface area contributed by atoms with Crippen molar-refractivity contribution in [3.63, 3.8) is 0 Å². The van der Waals surface area contributed by atoms with Crippen molar-refractivity contribution in [1.82, 2.24) is 4.98 Å². The molecule has 1 aromatic rings. The Morgan fingerprint density at radius 1 is 1.36 bits per heavy atom. The summed E-state index contributed by atoms with van der Waals surface area (Å²) < 4.78 is 40.7. The summed E-state index contributed by atoms with van der Waals surface area (Å²) in [6.07, 6.45) is 0.980. The highest BCUT2D eigenvalue weighted by molar-refractivity contribution is 5.29. The smallest absolute Gasteiger partial charge is 0.387 e. The molecule has 0 bridgehead atoms. The van der Waals surface area contributed by atoms with E-state index in [2.05, 4.69) is 9.72 Å². The zero-order valence-corrected chi connectivity index (χ0v) is 7.80. The molecule has 0 aliphatic rings. The van der Waals surface area contributed by atoms with Crippen molar-refractivity contribution in [3.05, 3.63) is 23.8 Å². The Morgan fingerprint density at radius 2 is 2.00 bits per heavy atom. The molecule has 0 fully saturated rings. The zero-order chi connectivity index (χ0) is 10.7. The van der Waals surface area contributed by atoms with Gasteiger partial charge in [0.05, 0.1) is 11.9 Å². The van der Waals surface area contributed by atoms with Crippen LogP contribution in [0.2, 0.25) is 0 Å². The number of rotatable bonds is 3. The Bertz CT molecular complexity index is 315. The van der Waals surface area contributed by atoms with Gasteiger partial charge in [-0.1, -0.05) is 13.8 Å². The van der Waals surface area contributed by atoms with E-state index in [-0.39, 0.29) is 11.7 Å². The van der Waals surface area contributed by atoms with Gasteiger partial charge in [0.15, 0.2) is 5.75 Å². The number of pyridine rings is 1. The van der Waals surface area contributed by atoms with E-state index >= 15 is 0 Å². The van der Waals surface area contributed by atoms with E-state index in [1.54, 1.807) is 13.8 Å². The van der Waals surface area contributed by atoms with E-state index in [4.69, 9.17) is 0 Å². The highest BCUT2D eigenvalue weighted by Crippen LogP contribution is 2.25. The van der Waals surface area contributed by atoms with Gasteiger partial charge in [-0.05, 0) is 5.92 Å². The Morgan fingerprint density at radius 3 is 2.50 bits per heavy atom. The van der Waals surface area contributed by atoms with Crippen molar-refractivity contribution in [2.45, 2.75) is 26.4 Å². The third-order valence-electron chi connectivity index (χ3n) is 1.61. The monoisotopic (exact) mass is 205 g/mol. The lowest BCUT2D eigenvalue weighted by Crippen LogP contribution is -2.07. The largest absolute Gasteiger partial charge is 0.433 e. The van der Waals surface area contributed by atoms with Gasteiger partial charge in [0, 0.05) is 6.07 Å². The summed E-state index contributed by atoms with van der Waals surface area (Å²) in [5.41, 5.74) is 0.326. The molecule has 78 valence electrons. The predicted molar refractivity (Wildman–Crippen MR) is 44.9 cm³/mol. The molecule has 1 rings (SSSR count). The minimum atomic E-state index is -2.96. The van der Waals surface area contributed by atoms with Crippen LogP contribution in [0.3, 0.4) is 0 Å². The van der Waals surface area contributed by atoms with Crippen molar-refractivity contribution in [3.8, 4) is 5.75 Å². The van der Waals surface area contributed by atoms with Crippen LogP contribution in [0.4, 0.5) is 13.2 Å². The Hall–Kier alpha value is -1.26. The first-order chi connectivity index (χ1) is 6.50. The molecule has 5 heteroatoms. The first kappa shape index (κ1) is 10.8. The first-order valence-electron chi connectivity index (χ1n) is 4.11. The van der Waals surface area contributed by atoms with E-state index in [1.165, 1.54) is 0 Å². The quantitative estimate of drug-likeness (QED) is 0.756. The third kappa shape index (κ3) is 2.61. The fourth-order valence-electron chi connectivity index (χ4n) is 1.06. The van der Waals surface area contributed by atoms with Crippen LogP contribution in [-0.2, 0) is 0 Å². The second-order valence-corrected chi connectivity index (χ2v) is 3.07. The SMILES string of the molecule is CC(C)c1ncc(F)cc1OC(F)F. The number of halogens is 3. The van der Waals surface area contributed by atoms with Gasteiger partial charge in [0.25, 0.3) is 0 Å². The minimum absolute atomic E-state index is 0.0932. The highest BCUT2D eigenvalue weighted by Gasteiger charge is 2.14. The summed E-state index contributed by atoms with van der Waals surface area (Å²) in [7, 11) is 0. The molecule has 0 saturated carbocycles. The number of nitrogens with zero attached hydrogens (tertiary/aromatic N) is 1. The lowest BCUT2D eigenvalue weighted by Gasteiger charge is -2.11. The van der Waals surface area contributed by atoms with Crippen LogP contribution >= 0.6 is 0 Å². The van der Waals surface area contributed by atoms with Crippen molar-refractivity contribution in [2.24, 2.45) is 0 Å². The highest BCUT2D eigenvalue weighted by atomic mass is 19.3. The molecule has 2 nitrogen and oxygen atoms in total. The molecule has 0 aliphatic carbocycles. The molecule has 0 aliphatic heterocycles. The van der Waals surface area contributed by atoms with Gasteiger partial charge in [0.2, 0.25) is 0 Å². The molecule has 0 N–H and O–H groups in total. The van der Waals surface area contributed by atoms with Crippen molar-refractivity contribution < 1.29 is 17.9 Å². The first-order valence-corrected chi connectivity index (χ1v) is 4.11. The van der Waals surface area contributed by atoms with Crippen molar-refractivity contribution in [2.75, 3.05) is 0 Å². The average Bonchev–Trinajstić information content (AvgIpc) is 2.01. The number of hydrogen-bond acceptors (Lipinski definition) is 2. The Balaban J connectivity index is 3.03. The zero-order valence-electron chi connectivity index (χ0n) is 7.80. The van der Waals surface area contributed by atoms with Crippen LogP contribution < -0.4 is 4.74 Å². The molecule has 14 heavy (non-hydrogen) atoms. The second-order valence-electron chi connectivity index (χ2n) is 3.07. The normalized spacial score (nSPS) is 11.1. The molecule has 0 aromatic carbocycles. The van der Waals surface area contributed by atoms with Gasteiger partial charge in [-0.15, -0.1) is 0 Å². The summed E-state index contributed by atoms with van der Waals surface area (Å²) in [5.74, 6) is -0.982. The number of alkyl halides is 2. The van der Waals surface area contributed by atoms with Gasteiger partial charge in [-0.3, -0.25) is 4.98 Å². The van der Waals surface area contributed by atoms with Gasteiger partial charge in [-0.25, -0.2) is 4.39 Å². The number of hydrogen-bond donors (Lipinski definition) is 0. The summed E-state index contributed by atoms with van der Waals surface area (Å²) in [6, 6.07) is 0.911. The van der Waals surface area contributed by atoms with E-state index < -0.39 is 12.4 Å². The molecular formula is C9H10F3NO. The van der Waals surface area contributed by atoms with Crippen LogP contribution in [0, 0.1) is 5.82 Å². The molecule has 1 heterocycles. The van der Waals surface area contributed by atoms with Crippen LogP contribution in [0.25, 0.3) is 0 Å². The molecule has 0 atom stereocenters. The summed E-state index contributed by atoms with van der Waals surface area (Å²) in [5, 5.41) is 0. The van der Waals surface area contributed by atoms with Crippen LogP contribution in [0.5, 0.6) is 5.75 Å².